The van der Waals surface area contributed by atoms with Crippen LogP contribution in [0.25, 0.3) is 0 Å². The molecule has 0 saturated carbocycles. The molecule has 0 aliphatic carbocycles. The minimum Gasteiger partial charge on any atom is -0.456 e. The molecule has 0 heterocycles. The minimum absolute atomic E-state index is 0.158. The number of halogens is 2. The maximum absolute atomic E-state index is 10.9. The summed E-state index contributed by atoms with van der Waals surface area (Å²) in [6, 6.07) is 9.78. The fourth-order valence-electron chi connectivity index (χ4n) is 1.09. The fraction of sp³-hybridized carbons (Fsp3) is 0.300. The summed E-state index contributed by atoms with van der Waals surface area (Å²) >= 11 is 4.50. The highest BCUT2D eigenvalue weighted by atomic mass is 127. The molecule has 0 saturated heterocycles. The first-order chi connectivity index (χ1) is 6.61. The number of alkyl halides is 2. The summed E-state index contributed by atoms with van der Waals surface area (Å²) in [7, 11) is 0. The van der Waals surface area contributed by atoms with Crippen molar-refractivity contribution in [3.8, 4) is 0 Å². The van der Waals surface area contributed by atoms with Crippen LogP contribution in [0.15, 0.2) is 30.3 Å². The van der Waals surface area contributed by atoms with Gasteiger partial charge in [-0.3, -0.25) is 4.79 Å². The van der Waals surface area contributed by atoms with E-state index in [1.807, 2.05) is 30.3 Å². The molecule has 0 amide bonds. The van der Waals surface area contributed by atoms with Gasteiger partial charge in [0.15, 0.2) is 0 Å². The van der Waals surface area contributed by atoms with Gasteiger partial charge in [-0.05, 0) is 5.56 Å². The Morgan fingerprint density at radius 2 is 1.86 bits per heavy atom. The molecule has 0 aliphatic rings. The van der Waals surface area contributed by atoms with Crippen LogP contribution >= 0.6 is 45.2 Å². The third kappa shape index (κ3) is 3.72. The van der Waals surface area contributed by atoms with E-state index < -0.39 is 0 Å². The van der Waals surface area contributed by atoms with Gasteiger partial charge in [0.1, 0.15) is 8.04 Å². The van der Waals surface area contributed by atoms with Crippen LogP contribution in [-0.4, -0.2) is 7.90 Å². The van der Waals surface area contributed by atoms with E-state index in [2.05, 4.69) is 45.2 Å². The summed E-state index contributed by atoms with van der Waals surface area (Å²) in [4.78, 5) is 10.9. The second-order valence-corrected chi connectivity index (χ2v) is 7.84. The summed E-state index contributed by atoms with van der Waals surface area (Å²) < 4.78 is 5.48. The van der Waals surface area contributed by atoms with Crippen molar-refractivity contribution in [2.24, 2.45) is 0 Å². The van der Waals surface area contributed by atoms with Crippen molar-refractivity contribution >= 4 is 51.2 Å². The van der Waals surface area contributed by atoms with Gasteiger partial charge in [-0.15, -0.1) is 0 Å². The fourth-order valence-corrected chi connectivity index (χ4v) is 2.21. The van der Waals surface area contributed by atoms with E-state index in [-0.39, 0.29) is 14.0 Å². The molecule has 0 aliphatic heterocycles. The van der Waals surface area contributed by atoms with Crippen molar-refractivity contribution in [3.63, 3.8) is 0 Å². The average Bonchev–Trinajstić information content (AvgIpc) is 2.15. The quantitative estimate of drug-likeness (QED) is 0.429. The smallest absolute Gasteiger partial charge is 0.303 e. The Morgan fingerprint density at radius 3 is 2.29 bits per heavy atom. The molecule has 1 aromatic rings. The van der Waals surface area contributed by atoms with Gasteiger partial charge in [-0.1, -0.05) is 75.5 Å². The summed E-state index contributed by atoms with van der Waals surface area (Å²) in [6.07, 6.45) is -0.158. The highest BCUT2D eigenvalue weighted by Gasteiger charge is 2.20. The van der Waals surface area contributed by atoms with E-state index in [1.165, 1.54) is 6.92 Å². The maximum Gasteiger partial charge on any atom is 0.303 e. The summed E-state index contributed by atoms with van der Waals surface area (Å²) in [5.41, 5.74) is 1.04. The molecule has 0 N–H and O–H groups in total. The van der Waals surface area contributed by atoms with E-state index in [4.69, 9.17) is 4.74 Å². The number of hydrogen-bond donors (Lipinski definition) is 0. The molecule has 76 valence electrons. The van der Waals surface area contributed by atoms with Crippen LogP contribution in [0.5, 0.6) is 0 Å². The molecule has 0 fully saturated rings. The van der Waals surface area contributed by atoms with Crippen molar-refractivity contribution in [2.75, 3.05) is 0 Å². The molecule has 0 radical (unpaired) electrons. The standard InChI is InChI=1S/C10H10I2O2/c1-7(13)14-9(10(11)12)8-5-3-2-4-6-8/h2-6,9-10H,1H3. The number of rotatable bonds is 3. The first-order valence-electron chi connectivity index (χ1n) is 4.11. The topological polar surface area (TPSA) is 26.3 Å². The van der Waals surface area contributed by atoms with Gasteiger partial charge in [0.05, 0.1) is 0 Å². The summed E-state index contributed by atoms with van der Waals surface area (Å²) in [5, 5.41) is 0. The maximum atomic E-state index is 10.9. The first-order valence-corrected chi connectivity index (χ1v) is 6.60. The van der Waals surface area contributed by atoms with E-state index >= 15 is 0 Å². The molecule has 2 nitrogen and oxygen atoms in total. The van der Waals surface area contributed by atoms with Crippen LogP contribution in [0.2, 0.25) is 0 Å². The Kier molecular flexibility index (Phi) is 5.14. The second kappa shape index (κ2) is 5.89. The third-order valence-corrected chi connectivity index (χ3v) is 2.96. The normalized spacial score (nSPS) is 12.6. The molecule has 0 spiro atoms. The summed E-state index contributed by atoms with van der Waals surface area (Å²) in [6.45, 7) is 1.44. The molecule has 0 bridgehead atoms. The lowest BCUT2D eigenvalue weighted by atomic mass is 10.1. The van der Waals surface area contributed by atoms with Crippen LogP contribution in [0.1, 0.15) is 18.6 Å². The van der Waals surface area contributed by atoms with Gasteiger partial charge >= 0.3 is 5.97 Å². The number of hydrogen-bond acceptors (Lipinski definition) is 2. The van der Waals surface area contributed by atoms with Gasteiger partial charge in [-0.2, -0.15) is 0 Å². The largest absolute Gasteiger partial charge is 0.456 e. The predicted octanol–water partition coefficient (Wildman–Crippen LogP) is 3.49. The zero-order valence-electron chi connectivity index (χ0n) is 7.61. The molecule has 1 rings (SSSR count). The van der Waals surface area contributed by atoms with E-state index in [9.17, 15) is 4.79 Å². The molecule has 14 heavy (non-hydrogen) atoms. The number of carbonyl (C=O) groups is 1. The van der Waals surface area contributed by atoms with Gasteiger partial charge in [0.2, 0.25) is 0 Å². The van der Waals surface area contributed by atoms with Gasteiger partial charge < -0.3 is 4.74 Å². The molecule has 0 aromatic heterocycles. The second-order valence-electron chi connectivity index (χ2n) is 2.78. The van der Waals surface area contributed by atoms with Crippen molar-refractivity contribution in [2.45, 2.75) is 15.0 Å². The SMILES string of the molecule is CC(=O)OC(c1ccccc1)C(I)I. The Hall–Kier alpha value is 0.150. The van der Waals surface area contributed by atoms with Crippen LogP contribution in [0.3, 0.4) is 0 Å². The van der Waals surface area contributed by atoms with Crippen molar-refractivity contribution in [3.05, 3.63) is 35.9 Å². The molecular weight excluding hydrogens is 406 g/mol. The van der Waals surface area contributed by atoms with Crippen LogP contribution < -0.4 is 0 Å². The molecular formula is C10H10I2O2. The molecule has 1 atom stereocenters. The van der Waals surface area contributed by atoms with E-state index in [1.54, 1.807) is 0 Å². The lowest BCUT2D eigenvalue weighted by Crippen LogP contribution is -2.13. The van der Waals surface area contributed by atoms with E-state index in [0.29, 0.717) is 0 Å². The minimum atomic E-state index is -0.239. The van der Waals surface area contributed by atoms with E-state index in [0.717, 1.165) is 5.56 Å². The van der Waals surface area contributed by atoms with Gasteiger partial charge in [-0.25, -0.2) is 0 Å². The highest BCUT2D eigenvalue weighted by molar-refractivity contribution is 14.2. The zero-order valence-corrected chi connectivity index (χ0v) is 11.9. The highest BCUT2D eigenvalue weighted by Crippen LogP contribution is 2.31. The average molecular weight is 416 g/mol. The Morgan fingerprint density at radius 1 is 1.29 bits per heavy atom. The molecule has 1 unspecified atom stereocenters. The molecule has 1 aromatic carbocycles. The summed E-state index contributed by atoms with van der Waals surface area (Å²) in [5.74, 6) is -0.239. The molecule has 4 heteroatoms. The lowest BCUT2D eigenvalue weighted by Gasteiger charge is -2.18. The van der Waals surface area contributed by atoms with Crippen LogP contribution in [-0.2, 0) is 9.53 Å². The third-order valence-electron chi connectivity index (χ3n) is 1.65. The predicted molar refractivity (Wildman–Crippen MR) is 72.8 cm³/mol. The van der Waals surface area contributed by atoms with Gasteiger partial charge in [0, 0.05) is 6.92 Å². The lowest BCUT2D eigenvalue weighted by molar-refractivity contribution is -0.145. The zero-order chi connectivity index (χ0) is 10.6. The number of esters is 1. The van der Waals surface area contributed by atoms with Crippen LogP contribution in [0, 0.1) is 0 Å². The van der Waals surface area contributed by atoms with Gasteiger partial charge in [0.25, 0.3) is 0 Å². The van der Waals surface area contributed by atoms with Crippen LogP contribution in [0.4, 0.5) is 0 Å². The Balaban J connectivity index is 2.83. The number of carbonyl (C=O) groups excluding carboxylic acids is 1. The number of ether oxygens (including phenoxy) is 1. The van der Waals surface area contributed by atoms with Crippen molar-refractivity contribution < 1.29 is 9.53 Å². The monoisotopic (exact) mass is 416 g/mol. The van der Waals surface area contributed by atoms with Crippen molar-refractivity contribution in [1.82, 2.24) is 0 Å². The van der Waals surface area contributed by atoms with Crippen molar-refractivity contribution in [1.29, 1.82) is 0 Å². The number of benzene rings is 1. The Labute approximate surface area is 111 Å². The first kappa shape index (κ1) is 12.2. The Bertz CT molecular complexity index is 298.